The number of aryl methyl sites for hydroxylation is 1. The van der Waals surface area contributed by atoms with E-state index in [1.807, 2.05) is 55.5 Å². The first-order valence-electron chi connectivity index (χ1n) is 6.03. The van der Waals surface area contributed by atoms with E-state index in [4.69, 9.17) is 4.74 Å². The van der Waals surface area contributed by atoms with Gasteiger partial charge in [-0.15, -0.1) is 0 Å². The topological polar surface area (TPSA) is 29.6 Å². The molecule has 0 aliphatic carbocycles. The number of epoxide rings is 1. The molecular formula is C15H13BrO2S. The Morgan fingerprint density at radius 3 is 2.32 bits per heavy atom. The second kappa shape index (κ2) is 5.19. The van der Waals surface area contributed by atoms with Crippen molar-refractivity contribution in [2.75, 3.05) is 0 Å². The number of halogens is 1. The van der Waals surface area contributed by atoms with Crippen LogP contribution in [0.3, 0.4) is 0 Å². The summed E-state index contributed by atoms with van der Waals surface area (Å²) in [5.74, 6) is 0. The van der Waals surface area contributed by atoms with Crippen LogP contribution in [-0.4, -0.2) is 9.64 Å². The minimum absolute atomic E-state index is 0.0461. The predicted molar refractivity (Wildman–Crippen MR) is 79.3 cm³/mol. The molecule has 0 bridgehead atoms. The minimum atomic E-state index is -1.10. The highest BCUT2D eigenvalue weighted by Gasteiger charge is 2.45. The van der Waals surface area contributed by atoms with Gasteiger partial charge in [-0.25, -0.2) is 0 Å². The fourth-order valence-corrected chi connectivity index (χ4v) is 3.50. The molecule has 0 amide bonds. The Morgan fingerprint density at radius 1 is 1.05 bits per heavy atom. The molecule has 0 aromatic heterocycles. The monoisotopic (exact) mass is 336 g/mol. The van der Waals surface area contributed by atoms with Crippen LogP contribution < -0.4 is 0 Å². The average Bonchev–Trinajstić information content (AvgIpc) is 3.20. The van der Waals surface area contributed by atoms with Crippen LogP contribution in [0.25, 0.3) is 0 Å². The molecule has 0 N–H and O–H groups in total. The van der Waals surface area contributed by atoms with Gasteiger partial charge in [0.15, 0.2) is 5.44 Å². The Bertz CT molecular complexity index is 607. The lowest BCUT2D eigenvalue weighted by Crippen LogP contribution is -2.00. The highest BCUT2D eigenvalue weighted by atomic mass is 79.9. The molecule has 2 aromatic rings. The van der Waals surface area contributed by atoms with Crippen molar-refractivity contribution in [3.05, 3.63) is 64.1 Å². The fourth-order valence-electron chi connectivity index (χ4n) is 1.96. The molecule has 4 heteroatoms. The van der Waals surface area contributed by atoms with Crippen LogP contribution in [-0.2, 0) is 15.5 Å². The molecule has 0 radical (unpaired) electrons. The Labute approximate surface area is 123 Å². The molecule has 1 saturated heterocycles. The Morgan fingerprint density at radius 2 is 1.68 bits per heavy atom. The van der Waals surface area contributed by atoms with E-state index in [0.29, 0.717) is 0 Å². The number of hydrogen-bond donors (Lipinski definition) is 0. The van der Waals surface area contributed by atoms with Gasteiger partial charge in [-0.05, 0) is 36.8 Å². The Hall–Kier alpha value is -0.970. The van der Waals surface area contributed by atoms with Crippen LogP contribution in [0.5, 0.6) is 0 Å². The zero-order chi connectivity index (χ0) is 13.4. The molecule has 3 rings (SSSR count). The van der Waals surface area contributed by atoms with Crippen LogP contribution in [0.4, 0.5) is 0 Å². The third kappa shape index (κ3) is 2.81. The summed E-state index contributed by atoms with van der Waals surface area (Å²) < 4.78 is 19.0. The van der Waals surface area contributed by atoms with Crippen molar-refractivity contribution in [1.29, 1.82) is 0 Å². The van der Waals surface area contributed by atoms with E-state index in [2.05, 4.69) is 15.9 Å². The van der Waals surface area contributed by atoms with Crippen LogP contribution >= 0.6 is 15.9 Å². The van der Waals surface area contributed by atoms with Gasteiger partial charge in [0.05, 0.1) is 10.8 Å². The highest BCUT2D eigenvalue weighted by Crippen LogP contribution is 2.42. The molecule has 1 heterocycles. The van der Waals surface area contributed by atoms with Gasteiger partial charge < -0.3 is 4.74 Å². The summed E-state index contributed by atoms with van der Waals surface area (Å²) in [4.78, 5) is 0.829. The lowest BCUT2D eigenvalue weighted by molar-refractivity contribution is 0.403. The summed E-state index contributed by atoms with van der Waals surface area (Å²) >= 11 is 3.40. The smallest absolute Gasteiger partial charge is 0.168 e. The highest BCUT2D eigenvalue weighted by molar-refractivity contribution is 9.10. The maximum atomic E-state index is 12.3. The second-order valence-electron chi connectivity index (χ2n) is 4.59. The zero-order valence-corrected chi connectivity index (χ0v) is 12.8. The van der Waals surface area contributed by atoms with Crippen molar-refractivity contribution in [3.63, 3.8) is 0 Å². The van der Waals surface area contributed by atoms with E-state index in [1.54, 1.807) is 0 Å². The molecule has 1 fully saturated rings. The summed E-state index contributed by atoms with van der Waals surface area (Å²) in [5.41, 5.74) is 2.03. The van der Waals surface area contributed by atoms with Crippen molar-refractivity contribution in [1.82, 2.24) is 0 Å². The molecule has 0 saturated carbocycles. The van der Waals surface area contributed by atoms with Gasteiger partial charge in [-0.1, -0.05) is 45.8 Å². The quantitative estimate of drug-likeness (QED) is 0.794. The van der Waals surface area contributed by atoms with Crippen LogP contribution in [0.2, 0.25) is 0 Å². The van der Waals surface area contributed by atoms with Gasteiger partial charge in [-0.3, -0.25) is 4.21 Å². The van der Waals surface area contributed by atoms with Crippen LogP contribution in [0, 0.1) is 6.92 Å². The normalized spacial score (nSPS) is 23.1. The van der Waals surface area contributed by atoms with Crippen molar-refractivity contribution in [3.8, 4) is 0 Å². The van der Waals surface area contributed by atoms with Crippen molar-refractivity contribution < 1.29 is 8.95 Å². The Kier molecular flexibility index (Phi) is 3.56. The molecule has 2 nitrogen and oxygen atoms in total. The fraction of sp³-hybridized carbons (Fsp3) is 0.200. The minimum Gasteiger partial charge on any atom is -0.350 e. The first-order valence-corrected chi connectivity index (χ1v) is 8.04. The predicted octanol–water partition coefficient (Wildman–Crippen LogP) is 3.96. The van der Waals surface area contributed by atoms with Gasteiger partial charge in [0.25, 0.3) is 0 Å². The molecule has 2 aromatic carbocycles. The van der Waals surface area contributed by atoms with Gasteiger partial charge in [0.1, 0.15) is 6.10 Å². The van der Waals surface area contributed by atoms with Crippen LogP contribution in [0.15, 0.2) is 57.9 Å². The van der Waals surface area contributed by atoms with E-state index < -0.39 is 10.8 Å². The van der Waals surface area contributed by atoms with Crippen molar-refractivity contribution in [2.45, 2.75) is 23.4 Å². The summed E-state index contributed by atoms with van der Waals surface area (Å²) in [7, 11) is -1.10. The summed E-state index contributed by atoms with van der Waals surface area (Å²) in [6.45, 7) is 2.02. The summed E-state index contributed by atoms with van der Waals surface area (Å²) in [6, 6.07) is 15.7. The third-order valence-electron chi connectivity index (χ3n) is 3.11. The van der Waals surface area contributed by atoms with E-state index in [1.165, 1.54) is 5.56 Å². The molecule has 0 unspecified atom stereocenters. The van der Waals surface area contributed by atoms with Gasteiger partial charge in [0.2, 0.25) is 0 Å². The average molecular weight is 337 g/mol. The molecular weight excluding hydrogens is 324 g/mol. The lowest BCUT2D eigenvalue weighted by Gasteiger charge is -2.00. The Balaban J connectivity index is 1.74. The largest absolute Gasteiger partial charge is 0.350 e. The summed E-state index contributed by atoms with van der Waals surface area (Å²) in [5, 5.41) is 0. The number of rotatable bonds is 3. The maximum absolute atomic E-state index is 12.3. The standard InChI is InChI=1S/C15H13BrO2S/c1-10-2-8-13(9-3-10)19(17)15-14(18-15)11-4-6-12(16)7-5-11/h2-9,14-15H,1H3/t14-,15-,19-/m0/s1. The number of ether oxygens (including phenoxy) is 1. The number of benzene rings is 2. The van der Waals surface area contributed by atoms with E-state index in [0.717, 1.165) is 14.9 Å². The summed E-state index contributed by atoms with van der Waals surface area (Å²) in [6.07, 6.45) is -0.0461. The van der Waals surface area contributed by atoms with E-state index in [9.17, 15) is 4.21 Å². The van der Waals surface area contributed by atoms with Crippen molar-refractivity contribution in [2.24, 2.45) is 0 Å². The van der Waals surface area contributed by atoms with Gasteiger partial charge >= 0.3 is 0 Å². The molecule has 1 aliphatic heterocycles. The first kappa shape index (κ1) is 13.0. The number of hydrogen-bond acceptors (Lipinski definition) is 2. The SMILES string of the molecule is Cc1ccc([S@](=O)[C@@H]2O[C@H]2c2ccc(Br)cc2)cc1. The van der Waals surface area contributed by atoms with Crippen LogP contribution in [0.1, 0.15) is 17.2 Å². The third-order valence-corrected chi connectivity index (χ3v) is 5.16. The van der Waals surface area contributed by atoms with Crippen molar-refractivity contribution >= 4 is 26.7 Å². The molecule has 19 heavy (non-hydrogen) atoms. The van der Waals surface area contributed by atoms with E-state index >= 15 is 0 Å². The molecule has 98 valence electrons. The van der Waals surface area contributed by atoms with Gasteiger partial charge in [-0.2, -0.15) is 0 Å². The molecule has 3 atom stereocenters. The second-order valence-corrected chi connectivity index (χ2v) is 7.03. The maximum Gasteiger partial charge on any atom is 0.168 e. The van der Waals surface area contributed by atoms with Gasteiger partial charge in [0, 0.05) is 9.37 Å². The molecule has 1 aliphatic rings. The molecule has 0 spiro atoms. The zero-order valence-electron chi connectivity index (χ0n) is 10.4. The first-order chi connectivity index (χ1) is 9.15. The van der Waals surface area contributed by atoms with E-state index in [-0.39, 0.29) is 11.5 Å². The lowest BCUT2D eigenvalue weighted by atomic mass is 10.2.